The van der Waals surface area contributed by atoms with Gasteiger partial charge < -0.3 is 34.3 Å². The van der Waals surface area contributed by atoms with Crippen LogP contribution in [0.1, 0.15) is 194 Å². The van der Waals surface area contributed by atoms with Crippen LogP contribution in [0.4, 0.5) is 0 Å². The van der Waals surface area contributed by atoms with E-state index in [2.05, 4.69) is 90.9 Å². The highest BCUT2D eigenvalue weighted by Gasteiger charge is 2.48. The van der Waals surface area contributed by atoms with E-state index < -0.39 is 59.8 Å². The molecule has 1 heterocycles. The molecule has 1 aliphatic rings. The number of ether oxygens (including phenoxy) is 4. The summed E-state index contributed by atoms with van der Waals surface area (Å²) in [6, 6.07) is 0. The average Bonchev–Trinajstić information content (AvgIpc) is 3.29. The van der Waals surface area contributed by atoms with E-state index in [1.807, 2.05) is 0 Å². The quantitative estimate of drug-likeness (QED) is 0.0197. The van der Waals surface area contributed by atoms with Crippen molar-refractivity contribution in [1.29, 1.82) is 0 Å². The summed E-state index contributed by atoms with van der Waals surface area (Å²) in [6.07, 6.45) is 47.8. The van der Waals surface area contributed by atoms with E-state index in [4.69, 9.17) is 18.9 Å². The van der Waals surface area contributed by atoms with E-state index >= 15 is 0 Å². The van der Waals surface area contributed by atoms with Crippen LogP contribution in [0.2, 0.25) is 0 Å². The van der Waals surface area contributed by atoms with Crippen LogP contribution in [0, 0.1) is 0 Å². The van der Waals surface area contributed by atoms with Crippen molar-refractivity contribution in [2.75, 3.05) is 26.4 Å². The van der Waals surface area contributed by atoms with Crippen molar-refractivity contribution in [1.82, 2.24) is 0 Å². The summed E-state index contributed by atoms with van der Waals surface area (Å²) >= 11 is 0. The van der Waals surface area contributed by atoms with Crippen LogP contribution in [0.15, 0.2) is 72.9 Å². The van der Waals surface area contributed by atoms with Gasteiger partial charge in [0.15, 0.2) is 6.29 Å². The molecule has 6 unspecified atom stereocenters. The first kappa shape index (κ1) is 61.6. The van der Waals surface area contributed by atoms with E-state index in [-0.39, 0.29) is 19.6 Å². The largest absolute Gasteiger partial charge is 0.457 e. The molecule has 4 N–H and O–H groups in total. The summed E-state index contributed by atoms with van der Waals surface area (Å²) in [5.41, 5.74) is 0. The van der Waals surface area contributed by atoms with E-state index in [0.717, 1.165) is 96.3 Å². The van der Waals surface area contributed by atoms with Crippen molar-refractivity contribution < 1.29 is 56.2 Å². The second kappa shape index (κ2) is 43.8. The van der Waals surface area contributed by atoms with Gasteiger partial charge in [-0.2, -0.15) is 8.42 Å². The Hall–Kier alpha value is -2.46. The summed E-state index contributed by atoms with van der Waals surface area (Å²) in [5, 5.41) is 30.8. The molecule has 0 aromatic rings. The van der Waals surface area contributed by atoms with Gasteiger partial charge in [-0.15, -0.1) is 0 Å². The number of carbonyl (C=O) groups is 1. The fraction of sp³-hybridized carbons (Fsp3) is 0.755. The monoisotopic (exact) mass is 953 g/mol. The molecule has 0 aliphatic carbocycles. The number of esters is 1. The average molecular weight is 953 g/mol. The van der Waals surface area contributed by atoms with Crippen LogP contribution in [0.25, 0.3) is 0 Å². The topological polar surface area (TPSA) is 178 Å². The van der Waals surface area contributed by atoms with E-state index in [9.17, 15) is 33.1 Å². The number of allylic oxidation sites excluding steroid dienone is 12. The summed E-state index contributed by atoms with van der Waals surface area (Å²) in [6.45, 7) is 3.83. The second-order valence-electron chi connectivity index (χ2n) is 17.4. The molecule has 0 amide bonds. The third kappa shape index (κ3) is 36.6. The first-order chi connectivity index (χ1) is 32.1. The van der Waals surface area contributed by atoms with Crippen LogP contribution in [-0.2, 0) is 38.3 Å². The maximum absolute atomic E-state index is 12.9. The van der Waals surface area contributed by atoms with Crippen molar-refractivity contribution >= 4 is 16.4 Å². The molecule has 0 spiro atoms. The van der Waals surface area contributed by atoms with Crippen LogP contribution in [0.3, 0.4) is 0 Å². The van der Waals surface area contributed by atoms with Gasteiger partial charge in [0.05, 0.1) is 19.8 Å². The maximum Gasteiger partial charge on any atom is 0.397 e. The van der Waals surface area contributed by atoms with Crippen molar-refractivity contribution in [3.8, 4) is 0 Å². The molecule has 13 heteroatoms. The summed E-state index contributed by atoms with van der Waals surface area (Å²) in [5.74, 6) is -0.411. The molecule has 1 aliphatic heterocycles. The lowest BCUT2D eigenvalue weighted by Gasteiger charge is -2.41. The Balaban J connectivity index is 2.38. The molecule has 1 fully saturated rings. The van der Waals surface area contributed by atoms with Crippen LogP contribution < -0.4 is 0 Å². The Bertz CT molecular complexity index is 1420. The number of hydrogen-bond donors (Lipinski definition) is 4. The molecule has 12 nitrogen and oxygen atoms in total. The van der Waals surface area contributed by atoms with Gasteiger partial charge in [0, 0.05) is 13.0 Å². The highest BCUT2D eigenvalue weighted by molar-refractivity contribution is 7.80. The van der Waals surface area contributed by atoms with Gasteiger partial charge in [-0.05, 0) is 83.5 Å². The fourth-order valence-electron chi connectivity index (χ4n) is 7.46. The Morgan fingerprint density at radius 1 is 0.591 bits per heavy atom. The lowest BCUT2D eigenvalue weighted by atomic mass is 9.99. The molecular formula is C53H92O12S. The summed E-state index contributed by atoms with van der Waals surface area (Å²) in [4.78, 5) is 12.9. The molecule has 0 aromatic carbocycles. The van der Waals surface area contributed by atoms with E-state index in [0.29, 0.717) is 13.0 Å². The first-order valence-electron chi connectivity index (χ1n) is 25.7. The van der Waals surface area contributed by atoms with Crippen LogP contribution >= 0.6 is 0 Å². The SMILES string of the molecule is CC/C=C\C/C=C\C/C=C\C/C=C\C/C=C\CCCCCCCCOCC(COC1OC(CO)C(O)C(OS(=O)(=O)O)C1O)OC(=O)CCCCCCCCC/C=C\CCCCCCCC. The van der Waals surface area contributed by atoms with Crippen LogP contribution in [0.5, 0.6) is 0 Å². The van der Waals surface area contributed by atoms with Crippen molar-refractivity contribution in [3.05, 3.63) is 72.9 Å². The van der Waals surface area contributed by atoms with Crippen molar-refractivity contribution in [2.45, 2.75) is 230 Å². The molecular weight excluding hydrogens is 861 g/mol. The van der Waals surface area contributed by atoms with Crippen molar-refractivity contribution in [3.63, 3.8) is 0 Å². The number of hydrogen-bond acceptors (Lipinski definition) is 11. The second-order valence-corrected chi connectivity index (χ2v) is 18.4. The molecule has 1 saturated heterocycles. The predicted octanol–water partition coefficient (Wildman–Crippen LogP) is 11.9. The minimum Gasteiger partial charge on any atom is -0.457 e. The van der Waals surface area contributed by atoms with Gasteiger partial charge in [0.2, 0.25) is 0 Å². The molecule has 0 bridgehead atoms. The zero-order valence-corrected chi connectivity index (χ0v) is 41.8. The molecule has 66 heavy (non-hydrogen) atoms. The normalized spacial score (nSPS) is 20.1. The number of aliphatic hydroxyl groups is 3. The zero-order chi connectivity index (χ0) is 48.2. The Morgan fingerprint density at radius 3 is 1.55 bits per heavy atom. The molecule has 1 rings (SSSR count). The van der Waals surface area contributed by atoms with E-state index in [1.54, 1.807) is 0 Å². The third-order valence-electron chi connectivity index (χ3n) is 11.3. The Morgan fingerprint density at radius 2 is 1.05 bits per heavy atom. The van der Waals surface area contributed by atoms with Gasteiger partial charge in [-0.1, -0.05) is 177 Å². The van der Waals surface area contributed by atoms with Crippen LogP contribution in [-0.4, -0.2) is 97.5 Å². The third-order valence-corrected chi connectivity index (χ3v) is 11.8. The molecule has 0 radical (unpaired) electrons. The molecule has 382 valence electrons. The minimum atomic E-state index is -5.07. The number of carbonyl (C=O) groups excluding carboxylic acids is 1. The van der Waals surface area contributed by atoms with Crippen molar-refractivity contribution in [2.24, 2.45) is 0 Å². The van der Waals surface area contributed by atoms with Gasteiger partial charge in [0.1, 0.15) is 30.5 Å². The maximum atomic E-state index is 12.9. The smallest absolute Gasteiger partial charge is 0.397 e. The number of unbranched alkanes of at least 4 members (excludes halogenated alkanes) is 19. The van der Waals surface area contributed by atoms with Gasteiger partial charge in [-0.25, -0.2) is 4.18 Å². The number of rotatable bonds is 44. The standard InChI is InChI=1S/C53H92O12S/c1-3-5-7-9-11-13-15-17-19-21-22-23-24-25-27-29-31-33-35-37-39-41-43-61-45-47(46-62-53-51(57)52(65-66(58,59)60)50(56)48(44-54)64-53)63-49(55)42-40-38-36-34-32-30-28-26-20-18-16-14-12-10-8-6-4-2/h5,7,11,13,17-20,22-23,25,27,47-48,50-54,56-57H,3-4,6,8-10,12,14-16,21,24,26,28-46H2,1-2H3,(H,58,59,60)/b7-5-,13-11-,19-17-,20-18-,23-22-,27-25-. The zero-order valence-electron chi connectivity index (χ0n) is 41.0. The highest BCUT2D eigenvalue weighted by atomic mass is 32.3. The lowest BCUT2D eigenvalue weighted by Crippen LogP contribution is -2.60. The van der Waals surface area contributed by atoms with Gasteiger partial charge >= 0.3 is 16.4 Å². The van der Waals surface area contributed by atoms with E-state index in [1.165, 1.54) is 70.6 Å². The number of aliphatic hydroxyl groups excluding tert-OH is 3. The van der Waals surface area contributed by atoms with Gasteiger partial charge in [-0.3, -0.25) is 9.35 Å². The fourth-order valence-corrected chi connectivity index (χ4v) is 7.97. The highest BCUT2D eigenvalue weighted by Crippen LogP contribution is 2.26. The first-order valence-corrected chi connectivity index (χ1v) is 27.1. The Labute approximate surface area is 401 Å². The predicted molar refractivity (Wildman–Crippen MR) is 266 cm³/mol. The molecule has 0 saturated carbocycles. The molecule has 0 aromatic heterocycles. The molecule has 6 atom stereocenters. The summed E-state index contributed by atoms with van der Waals surface area (Å²) in [7, 11) is -5.07. The minimum absolute atomic E-state index is 0.0209. The summed E-state index contributed by atoms with van der Waals surface area (Å²) < 4.78 is 59.2. The van der Waals surface area contributed by atoms with Gasteiger partial charge in [0.25, 0.3) is 0 Å². The lowest BCUT2D eigenvalue weighted by molar-refractivity contribution is -0.301. The Kier molecular flexibility index (Phi) is 40.8.